The van der Waals surface area contributed by atoms with Gasteiger partial charge >= 0.3 is 0 Å². The highest BCUT2D eigenvalue weighted by molar-refractivity contribution is 6.18. The lowest BCUT2D eigenvalue weighted by molar-refractivity contribution is 1.29. The molecule has 0 heterocycles. The van der Waals surface area contributed by atoms with Crippen LogP contribution in [0.15, 0.2) is 328 Å². The van der Waals surface area contributed by atoms with Crippen LogP contribution in [0.4, 0.5) is 34.1 Å². The summed E-state index contributed by atoms with van der Waals surface area (Å²) in [6.45, 7) is 0. The largest absolute Gasteiger partial charge is 0.310 e. The number of anilines is 6. The topological polar surface area (TPSA) is 6.48 Å². The van der Waals surface area contributed by atoms with E-state index in [0.29, 0.717) is 0 Å². The molecule has 0 aromatic heterocycles. The van der Waals surface area contributed by atoms with E-state index >= 15 is 0 Å². The molecule has 2 heteroatoms. The summed E-state index contributed by atoms with van der Waals surface area (Å²) in [5.74, 6) is 0. The molecule has 0 aliphatic rings. The predicted octanol–water partition coefficient (Wildman–Crippen LogP) is 23.1. The van der Waals surface area contributed by atoms with Crippen molar-refractivity contribution in [1.82, 2.24) is 0 Å². The van der Waals surface area contributed by atoms with Crippen LogP contribution in [0.25, 0.3) is 101 Å². The van der Waals surface area contributed by atoms with Crippen molar-refractivity contribution in [2.75, 3.05) is 9.80 Å². The molecule has 2 nitrogen and oxygen atoms in total. The summed E-state index contributed by atoms with van der Waals surface area (Å²) >= 11 is 0. The molecule has 14 aromatic rings. The van der Waals surface area contributed by atoms with Crippen molar-refractivity contribution >= 4 is 90.7 Å². The van der Waals surface area contributed by atoms with E-state index in [1.807, 2.05) is 0 Å². The highest BCUT2D eigenvalue weighted by Gasteiger charge is 2.24. The van der Waals surface area contributed by atoms with Crippen LogP contribution in [0, 0.1) is 0 Å². The molecule has 14 rings (SSSR count). The van der Waals surface area contributed by atoms with E-state index in [-0.39, 0.29) is 0 Å². The Hall–Kier alpha value is -11.1. The lowest BCUT2D eigenvalue weighted by Crippen LogP contribution is -2.09. The summed E-state index contributed by atoms with van der Waals surface area (Å²) in [6.07, 6.45) is 8.85. The van der Waals surface area contributed by atoms with Crippen molar-refractivity contribution in [3.05, 3.63) is 350 Å². The molecule has 0 N–H and O–H groups in total. The van der Waals surface area contributed by atoms with E-state index in [1.165, 1.54) is 76.8 Å². The van der Waals surface area contributed by atoms with Crippen LogP contribution in [0.2, 0.25) is 0 Å². The smallest absolute Gasteiger partial charge is 0.0468 e. The van der Waals surface area contributed by atoms with Gasteiger partial charge in [0.1, 0.15) is 0 Å². The van der Waals surface area contributed by atoms with Gasteiger partial charge in [-0.25, -0.2) is 0 Å². The van der Waals surface area contributed by atoms with Gasteiger partial charge in [0, 0.05) is 34.1 Å². The number of fused-ring (bicyclic) bond motifs is 3. The summed E-state index contributed by atoms with van der Waals surface area (Å²) < 4.78 is 0. The highest BCUT2D eigenvalue weighted by atomic mass is 15.1. The minimum atomic E-state index is 1.10. The van der Waals surface area contributed by atoms with Crippen LogP contribution < -0.4 is 9.80 Å². The molecule has 0 saturated carbocycles. The van der Waals surface area contributed by atoms with E-state index in [1.54, 1.807) is 0 Å². The molecule has 84 heavy (non-hydrogen) atoms. The summed E-state index contributed by atoms with van der Waals surface area (Å²) in [7, 11) is 0. The fraction of sp³-hybridized carbons (Fsp3) is 0. The van der Waals surface area contributed by atoms with Crippen LogP contribution in [0.1, 0.15) is 22.3 Å². The number of rotatable bonds is 14. The van der Waals surface area contributed by atoms with Crippen molar-refractivity contribution in [1.29, 1.82) is 0 Å². The average Bonchev–Trinajstić information content (AvgIpc) is 1.71. The molecule has 14 aromatic carbocycles. The molecule has 0 bridgehead atoms. The molecule has 0 radical (unpaired) electrons. The van der Waals surface area contributed by atoms with Crippen molar-refractivity contribution in [3.8, 4) is 44.5 Å². The lowest BCUT2D eigenvalue weighted by atomic mass is 9.79. The Kier molecular flexibility index (Phi) is 14.1. The third-order valence-corrected chi connectivity index (χ3v) is 16.0. The Morgan fingerprint density at radius 1 is 0.179 bits per heavy atom. The molecule has 0 fully saturated rings. The van der Waals surface area contributed by atoms with Gasteiger partial charge in [-0.2, -0.15) is 0 Å². The predicted molar refractivity (Wildman–Crippen MR) is 361 cm³/mol. The first-order chi connectivity index (χ1) is 41.6. The van der Waals surface area contributed by atoms with Gasteiger partial charge in [-0.05, 0) is 172 Å². The second-order valence-electron chi connectivity index (χ2n) is 21.3. The first-order valence-electron chi connectivity index (χ1n) is 28.8. The zero-order chi connectivity index (χ0) is 56.0. The molecule has 0 aliphatic heterocycles. The first kappa shape index (κ1) is 51.1. The Bertz CT molecular complexity index is 4350. The summed E-state index contributed by atoms with van der Waals surface area (Å²) in [5.41, 5.74) is 20.8. The highest BCUT2D eigenvalue weighted by Crippen LogP contribution is 2.51. The molecule has 0 amide bonds. The van der Waals surface area contributed by atoms with Crippen LogP contribution in [0.3, 0.4) is 0 Å². The van der Waals surface area contributed by atoms with Crippen molar-refractivity contribution in [3.63, 3.8) is 0 Å². The van der Waals surface area contributed by atoms with Crippen LogP contribution in [0.5, 0.6) is 0 Å². The minimum absolute atomic E-state index is 1.10. The van der Waals surface area contributed by atoms with Crippen molar-refractivity contribution in [2.45, 2.75) is 0 Å². The van der Waals surface area contributed by atoms with Crippen LogP contribution in [-0.4, -0.2) is 0 Å². The van der Waals surface area contributed by atoms with Crippen molar-refractivity contribution < 1.29 is 0 Å². The van der Waals surface area contributed by atoms with Crippen LogP contribution in [-0.2, 0) is 0 Å². The van der Waals surface area contributed by atoms with E-state index in [9.17, 15) is 0 Å². The van der Waals surface area contributed by atoms with Gasteiger partial charge in [-0.1, -0.05) is 279 Å². The third kappa shape index (κ3) is 10.5. The second kappa shape index (κ2) is 23.2. The first-order valence-corrected chi connectivity index (χ1v) is 28.8. The standard InChI is InChI=1S/C82H58N2/c1-5-21-65(22-6-1)81-79(67-45-37-59(38-46-67)33-35-61-41-51-73(52-42-61)83(71-27-9-3-10-28-71)75-55-49-63-19-13-15-25-69(63)57-75)77-31-17-18-32-78(77)80(82(81)66-23-7-2-8-24-66)68-47-39-60(40-48-68)34-36-62-43-53-74(54-44-62)84(72-29-11-4-12-30-72)76-56-50-64-20-14-16-26-70(64)58-76/h1-58H/b35-33+,36-34+. The number of nitrogens with zero attached hydrogens (tertiary/aromatic N) is 2. The fourth-order valence-electron chi connectivity index (χ4n) is 11.9. The number of hydrogen-bond acceptors (Lipinski definition) is 2. The normalized spacial score (nSPS) is 11.5. The third-order valence-electron chi connectivity index (χ3n) is 16.0. The molecule has 396 valence electrons. The average molecular weight is 1070 g/mol. The molecular formula is C82H58N2. The zero-order valence-corrected chi connectivity index (χ0v) is 46.4. The lowest BCUT2D eigenvalue weighted by Gasteiger charge is -2.26. The molecule has 0 unspecified atom stereocenters. The van der Waals surface area contributed by atoms with Gasteiger partial charge in [0.25, 0.3) is 0 Å². The maximum absolute atomic E-state index is 2.32. The quantitative estimate of drug-likeness (QED) is 0.100. The SMILES string of the molecule is C(=C\c1ccc(N(c2ccccc2)c2ccc3ccccc3c2)cc1)/c1ccc(-c2c(-c3ccccc3)c(-c3ccccc3)c(-c3ccc(/C=C/c4ccc(N(c5ccccc5)c5ccc6ccccc6c5)cc4)cc3)c3ccccc23)cc1. The maximum Gasteiger partial charge on any atom is 0.0468 e. The van der Waals surface area contributed by atoms with E-state index in [0.717, 1.165) is 56.4 Å². The van der Waals surface area contributed by atoms with Gasteiger partial charge in [0.05, 0.1) is 0 Å². The maximum atomic E-state index is 2.32. The molecular weight excluding hydrogens is 1010 g/mol. The number of hydrogen-bond donors (Lipinski definition) is 0. The van der Waals surface area contributed by atoms with E-state index in [4.69, 9.17) is 0 Å². The van der Waals surface area contributed by atoms with Crippen molar-refractivity contribution in [2.24, 2.45) is 0 Å². The summed E-state index contributed by atoms with van der Waals surface area (Å²) in [4.78, 5) is 4.65. The molecule has 0 atom stereocenters. The number of benzene rings is 14. The Morgan fingerprint density at radius 3 is 0.798 bits per heavy atom. The monoisotopic (exact) mass is 1070 g/mol. The van der Waals surface area contributed by atoms with Gasteiger partial charge < -0.3 is 9.80 Å². The van der Waals surface area contributed by atoms with Crippen LogP contribution >= 0.6 is 0 Å². The Morgan fingerprint density at radius 2 is 0.440 bits per heavy atom. The van der Waals surface area contributed by atoms with E-state index < -0.39 is 0 Å². The fourth-order valence-corrected chi connectivity index (χ4v) is 11.9. The minimum Gasteiger partial charge on any atom is -0.310 e. The molecule has 0 saturated heterocycles. The second-order valence-corrected chi connectivity index (χ2v) is 21.3. The summed E-state index contributed by atoms with van der Waals surface area (Å²) in [5, 5.41) is 7.32. The number of para-hydroxylation sites is 2. The van der Waals surface area contributed by atoms with Gasteiger partial charge in [0.15, 0.2) is 0 Å². The molecule has 0 aliphatic carbocycles. The van der Waals surface area contributed by atoms with Gasteiger partial charge in [-0.3, -0.25) is 0 Å². The van der Waals surface area contributed by atoms with E-state index in [2.05, 4.69) is 362 Å². The molecule has 0 spiro atoms. The summed E-state index contributed by atoms with van der Waals surface area (Å²) in [6, 6.07) is 118. The zero-order valence-electron chi connectivity index (χ0n) is 46.4. The Balaban J connectivity index is 0.778. The Labute approximate surface area is 492 Å². The van der Waals surface area contributed by atoms with Gasteiger partial charge in [0.2, 0.25) is 0 Å². The van der Waals surface area contributed by atoms with Gasteiger partial charge in [-0.15, -0.1) is 0 Å².